The van der Waals surface area contributed by atoms with Crippen LogP contribution in [0.1, 0.15) is 52.2 Å². The van der Waals surface area contributed by atoms with Crippen LogP contribution in [0.25, 0.3) is 0 Å². The molecule has 0 spiro atoms. The van der Waals surface area contributed by atoms with E-state index in [-0.39, 0.29) is 12.5 Å². The zero-order valence-electron chi connectivity index (χ0n) is 19.9. The van der Waals surface area contributed by atoms with Gasteiger partial charge in [0, 0.05) is 32.4 Å². The highest BCUT2D eigenvalue weighted by molar-refractivity contribution is 5.92. The van der Waals surface area contributed by atoms with Crippen molar-refractivity contribution in [2.75, 3.05) is 19.6 Å². The molecule has 0 saturated heterocycles. The number of nitrogens with one attached hydrogen (secondary N) is 1. The maximum Gasteiger partial charge on any atom is 0.269 e. The van der Waals surface area contributed by atoms with Gasteiger partial charge >= 0.3 is 0 Å². The Labute approximate surface area is 205 Å². The van der Waals surface area contributed by atoms with Crippen molar-refractivity contribution in [3.05, 3.63) is 77.3 Å². The first-order chi connectivity index (χ1) is 17.1. The van der Waals surface area contributed by atoms with Crippen molar-refractivity contribution in [2.24, 2.45) is 5.92 Å². The molecule has 1 amide bonds. The van der Waals surface area contributed by atoms with Gasteiger partial charge in [0.15, 0.2) is 12.2 Å². The Morgan fingerprint density at radius 2 is 2.17 bits per heavy atom. The zero-order valence-corrected chi connectivity index (χ0v) is 19.9. The summed E-state index contributed by atoms with van der Waals surface area (Å²) in [5.74, 6) is 2.00. The van der Waals surface area contributed by atoms with Gasteiger partial charge in [-0.15, -0.1) is 0 Å². The Morgan fingerprint density at radius 1 is 1.26 bits per heavy atom. The first kappa shape index (κ1) is 23.5. The lowest BCUT2D eigenvalue weighted by Gasteiger charge is -2.30. The molecule has 8 heteroatoms. The fourth-order valence-corrected chi connectivity index (χ4v) is 4.72. The van der Waals surface area contributed by atoms with Crippen LogP contribution in [-0.2, 0) is 26.0 Å². The Balaban J connectivity index is 1.07. The van der Waals surface area contributed by atoms with Gasteiger partial charge in [0.25, 0.3) is 5.91 Å². The monoisotopic (exact) mass is 476 g/mol. The molecule has 1 aromatic carbocycles. The van der Waals surface area contributed by atoms with Crippen LogP contribution in [0, 0.1) is 5.92 Å². The van der Waals surface area contributed by atoms with Crippen molar-refractivity contribution in [1.29, 1.82) is 0 Å². The third kappa shape index (κ3) is 6.26. The lowest BCUT2D eigenvalue weighted by atomic mass is 9.81. The molecule has 3 heterocycles. The fourth-order valence-electron chi connectivity index (χ4n) is 4.72. The summed E-state index contributed by atoms with van der Waals surface area (Å²) < 4.78 is 11.0. The molecule has 184 valence electrons. The number of fused-ring (bicyclic) bond motifs is 1. The quantitative estimate of drug-likeness (QED) is 0.464. The number of β-amino-alcohol motifs (C(OH)–C–C–N with tert-alkyl or cyclic N) is 1. The highest BCUT2D eigenvalue weighted by Gasteiger charge is 2.21. The smallest absolute Gasteiger partial charge is 0.269 e. The van der Waals surface area contributed by atoms with E-state index in [4.69, 9.17) is 9.15 Å². The number of carbonyl (C=O) groups excluding carboxylic acids is 1. The van der Waals surface area contributed by atoms with Crippen molar-refractivity contribution in [2.45, 2.75) is 51.4 Å². The molecule has 1 fully saturated rings. The maximum atomic E-state index is 12.6. The second-order valence-corrected chi connectivity index (χ2v) is 9.59. The number of aliphatic hydroxyl groups is 1. The minimum Gasteiger partial charge on any atom is -0.486 e. The first-order valence-corrected chi connectivity index (χ1v) is 12.4. The number of hydrogen-bond donors (Lipinski definition) is 2. The highest BCUT2D eigenvalue weighted by Crippen LogP contribution is 2.29. The van der Waals surface area contributed by atoms with E-state index in [9.17, 15) is 9.90 Å². The normalized spacial score (nSPS) is 16.8. The molecule has 8 nitrogen and oxygen atoms in total. The lowest BCUT2D eigenvalue weighted by molar-refractivity contribution is 0.0838. The lowest BCUT2D eigenvalue weighted by Crippen LogP contribution is -2.42. The molecular formula is C27H32N4O4. The summed E-state index contributed by atoms with van der Waals surface area (Å²) in [5, 5.41) is 13.4. The summed E-state index contributed by atoms with van der Waals surface area (Å²) in [6, 6.07) is 9.98. The van der Waals surface area contributed by atoms with E-state index in [0.717, 1.165) is 43.2 Å². The van der Waals surface area contributed by atoms with Crippen LogP contribution in [0.3, 0.4) is 0 Å². The Bertz CT molecular complexity index is 1130. The van der Waals surface area contributed by atoms with Crippen LogP contribution in [0.4, 0.5) is 0 Å². The second kappa shape index (κ2) is 11.0. The number of hydrogen-bond acceptors (Lipinski definition) is 7. The van der Waals surface area contributed by atoms with Gasteiger partial charge in [-0.2, -0.15) is 0 Å². The molecule has 0 bridgehead atoms. The van der Waals surface area contributed by atoms with Crippen LogP contribution >= 0.6 is 0 Å². The van der Waals surface area contributed by atoms with E-state index in [1.54, 1.807) is 12.4 Å². The number of oxazole rings is 1. The van der Waals surface area contributed by atoms with E-state index in [0.29, 0.717) is 24.6 Å². The Hall–Kier alpha value is -3.23. The predicted molar refractivity (Wildman–Crippen MR) is 130 cm³/mol. The summed E-state index contributed by atoms with van der Waals surface area (Å²) in [7, 11) is 0. The number of ether oxygens (including phenoxy) is 1. The number of amides is 1. The maximum absolute atomic E-state index is 12.6. The topological polar surface area (TPSA) is 101 Å². The zero-order chi connectivity index (χ0) is 24.0. The molecule has 1 aliphatic heterocycles. The van der Waals surface area contributed by atoms with E-state index in [1.165, 1.54) is 36.8 Å². The highest BCUT2D eigenvalue weighted by atomic mass is 16.5. The average Bonchev–Trinajstić information content (AvgIpc) is 3.37. The molecule has 3 aromatic rings. The van der Waals surface area contributed by atoms with Crippen LogP contribution in [0.5, 0.6) is 5.75 Å². The SMILES string of the molecule is O=C(NC[C@H](O)CN1CCc2cc(OCc3cnco3)ccc2C1)c1cc(CC2CCC2)ccn1. The van der Waals surface area contributed by atoms with Crippen LogP contribution in [0.15, 0.2) is 53.5 Å². The van der Waals surface area contributed by atoms with Gasteiger partial charge < -0.3 is 19.6 Å². The standard InChI is InChI=1S/C27H32N4O4/c32-23(13-30-27(33)26-11-20(6-8-29-26)10-19-2-1-3-19)16-31-9-7-21-12-24(5-4-22(21)15-31)34-17-25-14-28-18-35-25/h4-6,8,11-12,14,18-19,23,32H,1-3,7,9-10,13,15-17H2,(H,30,33)/t23-/m0/s1. The number of aliphatic hydroxyl groups excluding tert-OH is 1. The summed E-state index contributed by atoms with van der Waals surface area (Å²) in [5.41, 5.74) is 4.06. The second-order valence-electron chi connectivity index (χ2n) is 9.59. The van der Waals surface area contributed by atoms with Crippen molar-refractivity contribution < 1.29 is 19.1 Å². The summed E-state index contributed by atoms with van der Waals surface area (Å²) in [4.78, 5) is 22.9. The molecule has 2 N–H and O–H groups in total. The summed E-state index contributed by atoms with van der Waals surface area (Å²) in [6.07, 6.45) is 9.84. The minimum absolute atomic E-state index is 0.200. The third-order valence-electron chi connectivity index (χ3n) is 6.91. The predicted octanol–water partition coefficient (Wildman–Crippen LogP) is 3.14. The van der Waals surface area contributed by atoms with Crippen LogP contribution in [0.2, 0.25) is 0 Å². The average molecular weight is 477 g/mol. The van der Waals surface area contributed by atoms with Gasteiger partial charge in [-0.25, -0.2) is 4.98 Å². The molecule has 35 heavy (non-hydrogen) atoms. The number of pyridine rings is 1. The van der Waals surface area contributed by atoms with Crippen molar-refractivity contribution >= 4 is 5.91 Å². The molecule has 0 radical (unpaired) electrons. The molecule has 5 rings (SSSR count). The van der Waals surface area contributed by atoms with Gasteiger partial charge in [0.2, 0.25) is 0 Å². The van der Waals surface area contributed by atoms with Crippen LogP contribution < -0.4 is 10.1 Å². The van der Waals surface area contributed by atoms with E-state index in [2.05, 4.69) is 32.3 Å². The number of carbonyl (C=O) groups is 1. The van der Waals surface area contributed by atoms with Gasteiger partial charge in [0.05, 0.1) is 12.3 Å². The van der Waals surface area contributed by atoms with Gasteiger partial charge in [-0.3, -0.25) is 14.7 Å². The number of nitrogens with zero attached hydrogens (tertiary/aromatic N) is 3. The molecule has 1 saturated carbocycles. The molecule has 2 aromatic heterocycles. The van der Waals surface area contributed by atoms with Crippen molar-refractivity contribution in [1.82, 2.24) is 20.2 Å². The van der Waals surface area contributed by atoms with E-state index < -0.39 is 6.10 Å². The first-order valence-electron chi connectivity index (χ1n) is 12.4. The Kier molecular flexibility index (Phi) is 7.39. The molecule has 1 aliphatic carbocycles. The minimum atomic E-state index is -0.650. The fraction of sp³-hybridized carbons (Fsp3) is 0.444. The van der Waals surface area contributed by atoms with Gasteiger partial charge in [-0.05, 0) is 59.7 Å². The molecular weight excluding hydrogens is 444 g/mol. The van der Waals surface area contributed by atoms with Gasteiger partial charge in [0.1, 0.15) is 18.1 Å². The Morgan fingerprint density at radius 3 is 2.97 bits per heavy atom. The number of rotatable bonds is 10. The third-order valence-corrected chi connectivity index (χ3v) is 6.91. The summed E-state index contributed by atoms with van der Waals surface area (Å²) in [6.45, 7) is 2.65. The van der Waals surface area contributed by atoms with Crippen molar-refractivity contribution in [3.8, 4) is 5.75 Å². The molecule has 2 aliphatic rings. The van der Waals surface area contributed by atoms with E-state index >= 15 is 0 Å². The summed E-state index contributed by atoms with van der Waals surface area (Å²) >= 11 is 0. The van der Waals surface area contributed by atoms with Gasteiger partial charge in [-0.1, -0.05) is 25.3 Å². The van der Waals surface area contributed by atoms with Crippen molar-refractivity contribution in [3.63, 3.8) is 0 Å². The molecule has 1 atom stereocenters. The van der Waals surface area contributed by atoms with Crippen LogP contribution in [-0.4, -0.2) is 51.6 Å². The van der Waals surface area contributed by atoms with E-state index in [1.807, 2.05) is 18.2 Å². The number of aromatic nitrogens is 2. The molecule has 0 unspecified atom stereocenters. The largest absolute Gasteiger partial charge is 0.486 e. The number of benzene rings is 1.